The number of methoxy groups -OCH3 is 1. The van der Waals surface area contributed by atoms with Crippen molar-refractivity contribution in [2.75, 3.05) is 33.3 Å². The highest BCUT2D eigenvalue weighted by Gasteiger charge is 2.39. The zero-order valence-electron chi connectivity index (χ0n) is 24.3. The van der Waals surface area contributed by atoms with Crippen LogP contribution in [0.3, 0.4) is 0 Å². The fourth-order valence-corrected chi connectivity index (χ4v) is 9.12. The number of fused-ring (bicyclic) bond motifs is 2. The number of sulfonamides is 1. The molecule has 2 aromatic heterocycles. The number of carbonyl (C=O) groups excluding carboxylic acids is 3. The molecule has 1 fully saturated rings. The maximum Gasteiger partial charge on any atom is 0.412 e. The highest BCUT2D eigenvalue weighted by molar-refractivity contribution is 7.91. The van der Waals surface area contributed by atoms with Crippen molar-refractivity contribution in [1.82, 2.24) is 30.1 Å². The van der Waals surface area contributed by atoms with Gasteiger partial charge in [0.2, 0.25) is 5.91 Å². The normalized spacial score (nSPS) is 18.7. The molecule has 4 heterocycles. The number of amidine groups is 1. The molecule has 2 unspecified atom stereocenters. The van der Waals surface area contributed by atoms with Gasteiger partial charge < -0.3 is 25.4 Å². The van der Waals surface area contributed by atoms with E-state index in [9.17, 15) is 27.6 Å². The number of nitrogens with one attached hydrogen (secondary N) is 4. The van der Waals surface area contributed by atoms with E-state index in [1.165, 1.54) is 33.7 Å². The molecular weight excluding hydrogens is 647 g/mol. The van der Waals surface area contributed by atoms with E-state index in [1.807, 2.05) is 6.92 Å². The fraction of sp³-hybridized carbons (Fsp3) is 0.407. The number of nitrogens with zero attached hydrogens (tertiary/aromatic N) is 3. The molecule has 3 amide bonds. The zero-order valence-corrected chi connectivity index (χ0v) is 26.7. The first-order valence-corrected chi connectivity index (χ1v) is 16.9. The Bertz CT molecular complexity index is 1790. The first kappa shape index (κ1) is 32.4. The van der Waals surface area contributed by atoms with Crippen LogP contribution in [0.4, 0.5) is 4.79 Å². The van der Waals surface area contributed by atoms with Gasteiger partial charge in [-0.15, -0.1) is 22.7 Å². The molecule has 0 radical (unpaired) electrons. The van der Waals surface area contributed by atoms with E-state index in [0.717, 1.165) is 21.9 Å². The second-order valence-corrected chi connectivity index (χ2v) is 14.9. The molecule has 2 aliphatic heterocycles. The molecule has 2 atom stereocenters. The number of aliphatic carboxylic acids is 1. The van der Waals surface area contributed by atoms with Crippen LogP contribution in [-0.2, 0) is 37.3 Å². The van der Waals surface area contributed by atoms with Crippen molar-refractivity contribution < 1.29 is 37.4 Å². The van der Waals surface area contributed by atoms with Gasteiger partial charge in [0.05, 0.1) is 18.8 Å². The number of thiazole rings is 1. The van der Waals surface area contributed by atoms with Gasteiger partial charge in [0.25, 0.3) is 15.9 Å². The van der Waals surface area contributed by atoms with E-state index in [1.54, 1.807) is 18.2 Å². The number of amides is 3. The summed E-state index contributed by atoms with van der Waals surface area (Å²) in [6.45, 7) is 1.79. The maximum atomic E-state index is 13.8. The van der Waals surface area contributed by atoms with Crippen LogP contribution in [0.1, 0.15) is 39.3 Å². The Labute approximate surface area is 266 Å². The molecule has 0 spiro atoms. The number of benzene rings is 1. The number of hydrogen-bond donors (Lipinski definition) is 5. The van der Waals surface area contributed by atoms with Crippen molar-refractivity contribution in [2.24, 2.45) is 0 Å². The van der Waals surface area contributed by atoms with E-state index >= 15 is 0 Å². The minimum Gasteiger partial charge on any atom is -0.480 e. The lowest BCUT2D eigenvalue weighted by molar-refractivity contribution is -0.138. The molecule has 1 aromatic carbocycles. The van der Waals surface area contributed by atoms with Crippen LogP contribution in [0.2, 0.25) is 0 Å². The molecule has 45 heavy (non-hydrogen) atoms. The molecule has 15 nitrogen and oxygen atoms in total. The molecule has 5 rings (SSSR count). The molecule has 1 saturated heterocycles. The minimum absolute atomic E-state index is 0.000750. The number of alkyl carbamates (subject to hydrolysis) is 1. The second kappa shape index (κ2) is 13.2. The van der Waals surface area contributed by atoms with Crippen molar-refractivity contribution in [2.45, 2.75) is 42.6 Å². The Morgan fingerprint density at radius 3 is 2.71 bits per heavy atom. The fourth-order valence-electron chi connectivity index (χ4n) is 5.13. The molecular formula is C27H31N7O8S3. The Kier molecular flexibility index (Phi) is 9.49. The lowest BCUT2D eigenvalue weighted by Gasteiger charge is -2.40. The molecule has 5 N–H and O–H groups in total. The number of carboxylic acid groups (broad SMARTS) is 1. The van der Waals surface area contributed by atoms with Crippen LogP contribution in [0.5, 0.6) is 0 Å². The van der Waals surface area contributed by atoms with E-state index in [2.05, 4.69) is 25.7 Å². The number of aromatic nitrogens is 1. The molecule has 240 valence electrons. The highest BCUT2D eigenvalue weighted by Crippen LogP contribution is 2.33. The van der Waals surface area contributed by atoms with E-state index < -0.39 is 46.5 Å². The van der Waals surface area contributed by atoms with Crippen LogP contribution in [0, 0.1) is 5.41 Å². The number of carbonyl (C=O) groups is 4. The summed E-state index contributed by atoms with van der Waals surface area (Å²) >= 11 is 2.30. The molecule has 0 bridgehead atoms. The largest absolute Gasteiger partial charge is 0.480 e. The summed E-state index contributed by atoms with van der Waals surface area (Å²) in [6, 6.07) is 5.63. The Morgan fingerprint density at radius 1 is 1.20 bits per heavy atom. The molecule has 2 aliphatic rings. The average molecular weight is 678 g/mol. The Balaban J connectivity index is 1.38. The van der Waals surface area contributed by atoms with E-state index in [-0.39, 0.29) is 47.1 Å². The molecule has 0 aliphatic carbocycles. The summed E-state index contributed by atoms with van der Waals surface area (Å²) in [7, 11) is -2.90. The number of rotatable bonds is 8. The van der Waals surface area contributed by atoms with Gasteiger partial charge in [0.1, 0.15) is 16.6 Å². The van der Waals surface area contributed by atoms with Crippen molar-refractivity contribution >= 4 is 72.5 Å². The van der Waals surface area contributed by atoms with Crippen LogP contribution >= 0.6 is 22.7 Å². The number of ether oxygens (including phenoxy) is 1. The van der Waals surface area contributed by atoms with Crippen LogP contribution in [0.25, 0.3) is 10.1 Å². The van der Waals surface area contributed by atoms with Gasteiger partial charge in [0.15, 0.2) is 5.01 Å². The van der Waals surface area contributed by atoms with Crippen molar-refractivity contribution in [1.29, 1.82) is 5.41 Å². The third-order valence-corrected chi connectivity index (χ3v) is 11.9. The van der Waals surface area contributed by atoms with Gasteiger partial charge in [-0.05, 0) is 36.6 Å². The summed E-state index contributed by atoms with van der Waals surface area (Å²) in [5.41, 5.74) is 1.19. The highest BCUT2D eigenvalue weighted by atomic mass is 32.2. The Hall–Kier alpha value is -3.97. The minimum atomic E-state index is -4.07. The predicted molar refractivity (Wildman–Crippen MR) is 165 cm³/mol. The monoisotopic (exact) mass is 677 g/mol. The van der Waals surface area contributed by atoms with Gasteiger partial charge in [-0.2, -0.15) is 4.31 Å². The van der Waals surface area contributed by atoms with Gasteiger partial charge in [0, 0.05) is 60.2 Å². The average Bonchev–Trinajstić information content (AvgIpc) is 3.63. The van der Waals surface area contributed by atoms with Crippen LogP contribution in [-0.4, -0.2) is 103 Å². The number of thiophene rings is 1. The van der Waals surface area contributed by atoms with Crippen molar-refractivity contribution in [3.8, 4) is 0 Å². The van der Waals surface area contributed by atoms with Crippen molar-refractivity contribution in [3.05, 3.63) is 45.4 Å². The SMILES string of the molecule is COC(=O)NC(=N)c1ccc2sc(S(=O)(=O)N3CCN(C(=O)c4nc5c(s4)CNC(C)C5)C(CC(=O)NCC(=O)O)C3)cc2c1. The third kappa shape index (κ3) is 7.14. The first-order valence-electron chi connectivity index (χ1n) is 13.8. The maximum absolute atomic E-state index is 13.8. The summed E-state index contributed by atoms with van der Waals surface area (Å²) in [5.74, 6) is -2.48. The first-order chi connectivity index (χ1) is 21.3. The summed E-state index contributed by atoms with van der Waals surface area (Å²) in [6.07, 6.45) is -0.440. The van der Waals surface area contributed by atoms with Gasteiger partial charge in [-0.3, -0.25) is 25.1 Å². The van der Waals surface area contributed by atoms with E-state index in [0.29, 0.717) is 28.6 Å². The standard InChI is InChI=1S/C27H31N7O8S3/c1-14-7-18-20(11-29-14)44-25(31-18)26(38)34-6-5-33(13-17(34)10-21(35)30-12-22(36)37)45(40,41)23-9-16-8-15(3-4-19(16)43-23)24(28)32-27(39)42-2/h3-4,8-9,14,17,29H,5-7,10-13H2,1-2H3,(H,30,35)(H,36,37)(H2,28,32,39). The molecule has 0 saturated carbocycles. The Morgan fingerprint density at radius 2 is 1.98 bits per heavy atom. The molecule has 18 heteroatoms. The topological polar surface area (TPSA) is 211 Å². The number of hydrogen-bond acceptors (Lipinski definition) is 12. The van der Waals surface area contributed by atoms with Gasteiger partial charge >= 0.3 is 12.1 Å². The lowest BCUT2D eigenvalue weighted by Crippen LogP contribution is -2.57. The summed E-state index contributed by atoms with van der Waals surface area (Å²) in [5, 5.41) is 25.8. The number of piperazine rings is 1. The smallest absolute Gasteiger partial charge is 0.412 e. The van der Waals surface area contributed by atoms with Crippen molar-refractivity contribution in [3.63, 3.8) is 0 Å². The van der Waals surface area contributed by atoms with E-state index in [4.69, 9.17) is 10.5 Å². The predicted octanol–water partition coefficient (Wildman–Crippen LogP) is 1.18. The van der Waals surface area contributed by atoms with Gasteiger partial charge in [-0.1, -0.05) is 0 Å². The van der Waals surface area contributed by atoms with Crippen LogP contribution < -0.4 is 16.0 Å². The second-order valence-electron chi connectivity index (χ2n) is 10.6. The van der Waals surface area contributed by atoms with Gasteiger partial charge in [-0.25, -0.2) is 18.2 Å². The number of carboxylic acids is 1. The summed E-state index contributed by atoms with van der Waals surface area (Å²) < 4.78 is 34.1. The third-order valence-electron chi connectivity index (χ3n) is 7.42. The van der Waals surface area contributed by atoms with Crippen LogP contribution in [0.15, 0.2) is 28.5 Å². The summed E-state index contributed by atoms with van der Waals surface area (Å²) in [4.78, 5) is 55.8. The zero-order chi connectivity index (χ0) is 32.5. The molecule has 3 aromatic rings. The quantitative estimate of drug-likeness (QED) is 0.170. The lowest BCUT2D eigenvalue weighted by atomic mass is 10.1.